The Balaban J connectivity index is 1.85. The molecule has 116 valence electrons. The zero-order valence-corrected chi connectivity index (χ0v) is 13.4. The monoisotopic (exact) mass is 316 g/mol. The van der Waals surface area contributed by atoms with Crippen molar-refractivity contribution in [1.29, 1.82) is 0 Å². The first-order chi connectivity index (χ1) is 10.5. The van der Waals surface area contributed by atoms with E-state index in [-0.39, 0.29) is 6.04 Å². The lowest BCUT2D eigenvalue weighted by atomic mass is 10.1. The van der Waals surface area contributed by atoms with Crippen LogP contribution in [0.15, 0.2) is 47.4 Å². The molecule has 1 aliphatic rings. The molecule has 0 amide bonds. The predicted octanol–water partition coefficient (Wildman–Crippen LogP) is 2.80. The van der Waals surface area contributed by atoms with Gasteiger partial charge in [-0.05, 0) is 60.2 Å². The predicted molar refractivity (Wildman–Crippen MR) is 88.1 cm³/mol. The van der Waals surface area contributed by atoms with E-state index < -0.39 is 10.0 Å². The van der Waals surface area contributed by atoms with E-state index in [1.807, 2.05) is 37.3 Å². The number of nitrogen functional groups attached to an aromatic ring is 1. The fourth-order valence-electron chi connectivity index (χ4n) is 2.90. The van der Waals surface area contributed by atoms with Gasteiger partial charge in [-0.3, -0.25) is 0 Å². The van der Waals surface area contributed by atoms with Gasteiger partial charge in [0.1, 0.15) is 0 Å². The highest BCUT2D eigenvalue weighted by atomic mass is 32.2. The molecule has 0 saturated carbocycles. The lowest BCUT2D eigenvalue weighted by molar-refractivity contribution is 0.554. The van der Waals surface area contributed by atoms with Gasteiger partial charge in [0.05, 0.1) is 4.90 Å². The van der Waals surface area contributed by atoms with Gasteiger partial charge < -0.3 is 5.73 Å². The highest BCUT2D eigenvalue weighted by Gasteiger charge is 2.27. The van der Waals surface area contributed by atoms with Gasteiger partial charge in [0.15, 0.2) is 0 Å². The van der Waals surface area contributed by atoms with Crippen molar-refractivity contribution >= 4 is 15.7 Å². The zero-order valence-electron chi connectivity index (χ0n) is 12.5. The first-order valence-corrected chi connectivity index (χ1v) is 8.97. The standard InChI is InChI=1S/C17H20N2O2S/c1-2-12-3-8-15(9-4-12)22(20,21)19-17-10-6-13-5-7-14(18)11-16(13)17/h3-5,7-9,11,17,19H,2,6,10,18H2,1H3/t17-/m0/s1. The summed E-state index contributed by atoms with van der Waals surface area (Å²) in [6.07, 6.45) is 2.53. The van der Waals surface area contributed by atoms with Crippen LogP contribution >= 0.6 is 0 Å². The van der Waals surface area contributed by atoms with Crippen molar-refractivity contribution < 1.29 is 8.42 Å². The first kappa shape index (κ1) is 15.1. The van der Waals surface area contributed by atoms with E-state index >= 15 is 0 Å². The van der Waals surface area contributed by atoms with Crippen LogP contribution in [0.1, 0.15) is 36.1 Å². The molecule has 3 N–H and O–H groups in total. The molecule has 0 saturated heterocycles. The van der Waals surface area contributed by atoms with E-state index in [1.54, 1.807) is 12.1 Å². The normalized spacial score (nSPS) is 17.4. The number of hydrogen-bond acceptors (Lipinski definition) is 3. The Labute approximate surface area is 131 Å². The van der Waals surface area contributed by atoms with Crippen LogP contribution in [0.5, 0.6) is 0 Å². The Bertz CT molecular complexity index is 783. The number of fused-ring (bicyclic) bond motifs is 1. The Morgan fingerprint density at radius 3 is 2.59 bits per heavy atom. The number of nitrogens with one attached hydrogen (secondary N) is 1. The molecule has 4 nitrogen and oxygen atoms in total. The van der Waals surface area contributed by atoms with Gasteiger partial charge in [-0.2, -0.15) is 0 Å². The highest BCUT2D eigenvalue weighted by Crippen LogP contribution is 2.33. The average molecular weight is 316 g/mol. The van der Waals surface area contributed by atoms with Crippen LogP contribution in [0.3, 0.4) is 0 Å². The summed E-state index contributed by atoms with van der Waals surface area (Å²) in [5.74, 6) is 0. The van der Waals surface area contributed by atoms with Crippen molar-refractivity contribution in [2.24, 2.45) is 0 Å². The van der Waals surface area contributed by atoms with Gasteiger partial charge in [0, 0.05) is 11.7 Å². The minimum Gasteiger partial charge on any atom is -0.399 e. The molecule has 0 bridgehead atoms. The second-order valence-corrected chi connectivity index (χ2v) is 7.38. The Hall–Kier alpha value is -1.85. The largest absolute Gasteiger partial charge is 0.399 e. The number of anilines is 1. The summed E-state index contributed by atoms with van der Waals surface area (Å²) in [7, 11) is -3.52. The van der Waals surface area contributed by atoms with E-state index in [0.717, 1.165) is 30.4 Å². The third-order valence-corrected chi connectivity index (χ3v) is 5.67. The number of hydrogen-bond donors (Lipinski definition) is 2. The Kier molecular flexibility index (Phi) is 3.93. The molecular formula is C17H20N2O2S. The molecule has 0 unspecified atom stereocenters. The fraction of sp³-hybridized carbons (Fsp3) is 0.294. The van der Waals surface area contributed by atoms with Crippen LogP contribution in [0.4, 0.5) is 5.69 Å². The third kappa shape index (κ3) is 2.87. The van der Waals surface area contributed by atoms with E-state index in [2.05, 4.69) is 4.72 Å². The third-order valence-electron chi connectivity index (χ3n) is 4.19. The second-order valence-electron chi connectivity index (χ2n) is 5.67. The molecule has 22 heavy (non-hydrogen) atoms. The number of sulfonamides is 1. The number of nitrogens with two attached hydrogens (primary N) is 1. The van der Waals surface area contributed by atoms with Gasteiger partial charge in [-0.15, -0.1) is 0 Å². The van der Waals surface area contributed by atoms with E-state index in [0.29, 0.717) is 10.6 Å². The van der Waals surface area contributed by atoms with Gasteiger partial charge in [0.2, 0.25) is 10.0 Å². The number of aryl methyl sites for hydroxylation is 2. The summed E-state index contributed by atoms with van der Waals surface area (Å²) in [4.78, 5) is 0.307. The van der Waals surface area contributed by atoms with Crippen LogP contribution < -0.4 is 10.5 Å². The number of benzene rings is 2. The minimum atomic E-state index is -3.52. The molecule has 1 atom stereocenters. The summed E-state index contributed by atoms with van der Waals surface area (Å²) in [6.45, 7) is 2.04. The smallest absolute Gasteiger partial charge is 0.241 e. The maximum absolute atomic E-state index is 12.5. The van der Waals surface area contributed by atoms with E-state index in [1.165, 1.54) is 5.56 Å². The summed E-state index contributed by atoms with van der Waals surface area (Å²) >= 11 is 0. The van der Waals surface area contributed by atoms with Crippen molar-refractivity contribution in [1.82, 2.24) is 4.72 Å². The molecule has 1 aliphatic carbocycles. The van der Waals surface area contributed by atoms with Crippen LogP contribution in [0, 0.1) is 0 Å². The molecule has 0 radical (unpaired) electrons. The zero-order chi connectivity index (χ0) is 15.7. The van der Waals surface area contributed by atoms with Gasteiger partial charge >= 0.3 is 0 Å². The Morgan fingerprint density at radius 2 is 1.91 bits per heavy atom. The molecule has 0 aliphatic heterocycles. The highest BCUT2D eigenvalue weighted by molar-refractivity contribution is 7.89. The quantitative estimate of drug-likeness (QED) is 0.852. The lowest BCUT2D eigenvalue weighted by Gasteiger charge is -2.15. The van der Waals surface area contributed by atoms with Crippen LogP contribution in [0.25, 0.3) is 0 Å². The summed E-state index contributed by atoms with van der Waals surface area (Å²) in [5, 5.41) is 0. The molecule has 0 aromatic heterocycles. The first-order valence-electron chi connectivity index (χ1n) is 7.49. The molecule has 0 heterocycles. The van der Waals surface area contributed by atoms with Crippen molar-refractivity contribution in [3.05, 3.63) is 59.2 Å². The average Bonchev–Trinajstić information content (AvgIpc) is 2.89. The van der Waals surface area contributed by atoms with E-state index in [9.17, 15) is 8.42 Å². The van der Waals surface area contributed by atoms with Gasteiger partial charge in [-0.25, -0.2) is 13.1 Å². The maximum atomic E-state index is 12.5. The van der Waals surface area contributed by atoms with Gasteiger partial charge in [-0.1, -0.05) is 25.1 Å². The van der Waals surface area contributed by atoms with Crippen molar-refractivity contribution in [3.63, 3.8) is 0 Å². The van der Waals surface area contributed by atoms with Crippen molar-refractivity contribution in [2.45, 2.75) is 37.1 Å². The minimum absolute atomic E-state index is 0.200. The summed E-state index contributed by atoms with van der Waals surface area (Å²) in [6, 6.07) is 12.6. The molecule has 3 rings (SSSR count). The molecule has 0 fully saturated rings. The SMILES string of the molecule is CCc1ccc(S(=O)(=O)N[C@H]2CCc3ccc(N)cc32)cc1. The molecular weight excluding hydrogens is 296 g/mol. The van der Waals surface area contributed by atoms with Crippen molar-refractivity contribution in [2.75, 3.05) is 5.73 Å². The number of rotatable bonds is 4. The van der Waals surface area contributed by atoms with Gasteiger partial charge in [0.25, 0.3) is 0 Å². The van der Waals surface area contributed by atoms with E-state index in [4.69, 9.17) is 5.73 Å². The molecule has 5 heteroatoms. The second kappa shape index (κ2) is 5.74. The molecule has 2 aromatic carbocycles. The van der Waals surface area contributed by atoms with Crippen molar-refractivity contribution in [3.8, 4) is 0 Å². The van der Waals surface area contributed by atoms with Crippen LogP contribution in [0.2, 0.25) is 0 Å². The van der Waals surface area contributed by atoms with Crippen LogP contribution in [-0.4, -0.2) is 8.42 Å². The van der Waals surface area contributed by atoms with Crippen LogP contribution in [-0.2, 0) is 22.9 Å². The lowest BCUT2D eigenvalue weighted by Crippen LogP contribution is -2.27. The maximum Gasteiger partial charge on any atom is 0.241 e. The summed E-state index contributed by atoms with van der Waals surface area (Å²) in [5.41, 5.74) is 9.77. The topological polar surface area (TPSA) is 72.2 Å². The fourth-order valence-corrected chi connectivity index (χ4v) is 4.15. The Morgan fingerprint density at radius 1 is 1.18 bits per heavy atom. The summed E-state index contributed by atoms with van der Waals surface area (Å²) < 4.78 is 27.9. The molecule has 2 aromatic rings. The molecule has 0 spiro atoms.